The molecule has 1 aromatic heterocycles. The second-order valence-corrected chi connectivity index (χ2v) is 7.30. The fourth-order valence-electron chi connectivity index (χ4n) is 2.98. The molecule has 0 N–H and O–H groups in total. The van der Waals surface area contributed by atoms with Crippen LogP contribution in [0.1, 0.15) is 37.0 Å². The lowest BCUT2D eigenvalue weighted by atomic mass is 10.0. The van der Waals surface area contributed by atoms with Crippen molar-refractivity contribution in [3.63, 3.8) is 0 Å². The number of hydrogen-bond donors (Lipinski definition) is 0. The monoisotopic (exact) mass is 349 g/mol. The predicted molar refractivity (Wildman–Crippen MR) is 93.2 cm³/mol. The summed E-state index contributed by atoms with van der Waals surface area (Å²) >= 11 is 1.52. The smallest absolute Gasteiger partial charge is 0.266 e. The van der Waals surface area contributed by atoms with Crippen molar-refractivity contribution in [1.82, 2.24) is 9.80 Å². The van der Waals surface area contributed by atoms with Gasteiger partial charge in [0.2, 0.25) is 6.10 Å². The van der Waals surface area contributed by atoms with Crippen LogP contribution < -0.4 is 0 Å². The van der Waals surface area contributed by atoms with Crippen LogP contribution in [0.25, 0.3) is 0 Å². The van der Waals surface area contributed by atoms with E-state index in [1.165, 1.54) is 11.3 Å². The Morgan fingerprint density at radius 2 is 2.00 bits per heavy atom. The van der Waals surface area contributed by atoms with E-state index < -0.39 is 6.10 Å². The number of hydrogen-bond acceptors (Lipinski definition) is 5. The zero-order valence-electron chi connectivity index (χ0n) is 14.1. The zero-order valence-corrected chi connectivity index (χ0v) is 14.9. The van der Waals surface area contributed by atoms with E-state index in [2.05, 4.69) is 19.0 Å². The Kier molecular flexibility index (Phi) is 5.18. The van der Waals surface area contributed by atoms with Crippen molar-refractivity contribution >= 4 is 28.9 Å². The maximum atomic E-state index is 12.7. The highest BCUT2D eigenvalue weighted by atomic mass is 32.1. The van der Waals surface area contributed by atoms with Crippen LogP contribution in [0.4, 0.5) is 0 Å². The molecule has 1 aromatic rings. The fraction of sp³-hybridized carbons (Fsp3) is 0.588. The topological polar surface area (TPSA) is 62.2 Å². The largest absolute Gasteiger partial charge is 0.382 e. The average Bonchev–Trinajstić information content (AvgIpc) is 3.21. The lowest BCUT2D eigenvalue weighted by Crippen LogP contribution is -2.42. The van der Waals surface area contributed by atoms with Gasteiger partial charge < -0.3 is 14.6 Å². The molecule has 2 amide bonds. The molecule has 24 heavy (non-hydrogen) atoms. The molecule has 3 rings (SSSR count). The molecule has 1 atom stereocenters. The first-order valence-electron chi connectivity index (χ1n) is 8.39. The normalized spacial score (nSPS) is 21.5. The first kappa shape index (κ1) is 17.0. The quantitative estimate of drug-likeness (QED) is 0.841. The van der Waals surface area contributed by atoms with E-state index in [0.29, 0.717) is 38.5 Å². The second-order valence-electron chi connectivity index (χ2n) is 6.52. The molecular weight excluding hydrogens is 326 g/mol. The molecule has 0 saturated carbocycles. The molecule has 1 unspecified atom stereocenters. The van der Waals surface area contributed by atoms with Crippen molar-refractivity contribution in [1.29, 1.82) is 0 Å². The molecule has 0 bridgehead atoms. The number of carbonyl (C=O) groups is 2. The lowest BCUT2D eigenvalue weighted by Gasteiger charge is -2.23. The molecular formula is C17H23N3O3S. The van der Waals surface area contributed by atoms with E-state index in [1.54, 1.807) is 0 Å². The van der Waals surface area contributed by atoms with E-state index in [-0.39, 0.29) is 11.8 Å². The first-order chi connectivity index (χ1) is 11.6. The molecule has 3 heterocycles. The second kappa shape index (κ2) is 7.34. The summed E-state index contributed by atoms with van der Waals surface area (Å²) in [5.74, 6) is 0.331. The average molecular weight is 349 g/mol. The third-order valence-electron chi connectivity index (χ3n) is 4.50. The number of oxime groups is 1. The molecule has 7 heteroatoms. The molecule has 0 aliphatic carbocycles. The van der Waals surface area contributed by atoms with Gasteiger partial charge in [-0.2, -0.15) is 11.3 Å². The highest BCUT2D eigenvalue weighted by Gasteiger charge is 2.33. The third-order valence-corrected chi connectivity index (χ3v) is 5.18. The molecule has 130 valence electrons. The van der Waals surface area contributed by atoms with Crippen LogP contribution in [0.3, 0.4) is 0 Å². The summed E-state index contributed by atoms with van der Waals surface area (Å²) in [5, 5.41) is 7.81. The van der Waals surface area contributed by atoms with Gasteiger partial charge in [-0.25, -0.2) is 0 Å². The van der Waals surface area contributed by atoms with Crippen LogP contribution >= 0.6 is 11.3 Å². The highest BCUT2D eigenvalue weighted by Crippen LogP contribution is 2.19. The Labute approximate surface area is 146 Å². The SMILES string of the molecule is CC(C)C1=NOC(C(=O)N2CCCN(C(=O)c3ccsc3)CC2)C1. The van der Waals surface area contributed by atoms with Crippen LogP contribution in [0.5, 0.6) is 0 Å². The standard InChI is InChI=1S/C17H23N3O3S/c1-12(2)14-10-15(23-18-14)17(22)20-6-3-5-19(7-8-20)16(21)13-4-9-24-11-13/h4,9,11-12,15H,3,5-8,10H2,1-2H3. The van der Waals surface area contributed by atoms with Gasteiger partial charge in [0, 0.05) is 38.0 Å². The molecule has 0 aromatic carbocycles. The Morgan fingerprint density at radius 1 is 1.25 bits per heavy atom. The van der Waals surface area contributed by atoms with Gasteiger partial charge in [0.05, 0.1) is 11.3 Å². The number of rotatable bonds is 3. The van der Waals surface area contributed by atoms with Gasteiger partial charge in [0.25, 0.3) is 11.8 Å². The highest BCUT2D eigenvalue weighted by molar-refractivity contribution is 7.08. The van der Waals surface area contributed by atoms with Gasteiger partial charge in [0.15, 0.2) is 0 Å². The Bertz CT molecular complexity index is 627. The summed E-state index contributed by atoms with van der Waals surface area (Å²) in [6.45, 7) is 6.54. The van der Waals surface area contributed by atoms with Crippen molar-refractivity contribution in [2.45, 2.75) is 32.8 Å². The van der Waals surface area contributed by atoms with Crippen molar-refractivity contribution in [3.05, 3.63) is 22.4 Å². The van der Waals surface area contributed by atoms with Gasteiger partial charge in [-0.05, 0) is 23.8 Å². The van der Waals surface area contributed by atoms with Gasteiger partial charge in [0.1, 0.15) is 0 Å². The molecule has 6 nitrogen and oxygen atoms in total. The van der Waals surface area contributed by atoms with E-state index in [0.717, 1.165) is 17.7 Å². The van der Waals surface area contributed by atoms with Crippen LogP contribution in [0, 0.1) is 5.92 Å². The van der Waals surface area contributed by atoms with Gasteiger partial charge in [-0.3, -0.25) is 9.59 Å². The number of nitrogens with zero attached hydrogens (tertiary/aromatic N) is 3. The first-order valence-corrected chi connectivity index (χ1v) is 9.33. The minimum Gasteiger partial charge on any atom is -0.382 e. The molecule has 2 aliphatic rings. The zero-order chi connectivity index (χ0) is 17.1. The van der Waals surface area contributed by atoms with Crippen molar-refractivity contribution in [3.8, 4) is 0 Å². The van der Waals surface area contributed by atoms with Gasteiger partial charge >= 0.3 is 0 Å². The van der Waals surface area contributed by atoms with Gasteiger partial charge in [-0.15, -0.1) is 0 Å². The third kappa shape index (κ3) is 3.61. The van der Waals surface area contributed by atoms with Crippen LogP contribution in [-0.2, 0) is 9.63 Å². The van der Waals surface area contributed by atoms with E-state index >= 15 is 0 Å². The Morgan fingerprint density at radius 3 is 2.67 bits per heavy atom. The summed E-state index contributed by atoms with van der Waals surface area (Å²) in [7, 11) is 0. The predicted octanol–water partition coefficient (Wildman–Crippen LogP) is 2.22. The van der Waals surface area contributed by atoms with Crippen LogP contribution in [-0.4, -0.2) is 59.6 Å². The summed E-state index contributed by atoms with van der Waals surface area (Å²) in [6, 6.07) is 1.85. The molecule has 1 fully saturated rings. The molecule has 0 spiro atoms. The van der Waals surface area contributed by atoms with E-state index in [9.17, 15) is 9.59 Å². The van der Waals surface area contributed by atoms with Gasteiger partial charge in [-0.1, -0.05) is 19.0 Å². The lowest BCUT2D eigenvalue weighted by molar-refractivity contribution is -0.141. The summed E-state index contributed by atoms with van der Waals surface area (Å²) < 4.78 is 0. The minimum absolute atomic E-state index is 0.0146. The summed E-state index contributed by atoms with van der Waals surface area (Å²) in [4.78, 5) is 34.1. The van der Waals surface area contributed by atoms with Crippen molar-refractivity contribution in [2.75, 3.05) is 26.2 Å². The number of carbonyl (C=O) groups excluding carboxylic acids is 2. The number of amides is 2. The van der Waals surface area contributed by atoms with E-state index in [1.807, 2.05) is 26.6 Å². The maximum Gasteiger partial charge on any atom is 0.266 e. The summed E-state index contributed by atoms with van der Waals surface area (Å²) in [5.41, 5.74) is 1.67. The number of thiophene rings is 1. The Hall–Kier alpha value is -1.89. The maximum absolute atomic E-state index is 12.7. The Balaban J connectivity index is 1.56. The van der Waals surface area contributed by atoms with E-state index in [4.69, 9.17) is 4.84 Å². The molecule has 1 saturated heterocycles. The summed E-state index contributed by atoms with van der Waals surface area (Å²) in [6.07, 6.45) is 0.859. The molecule has 0 radical (unpaired) electrons. The minimum atomic E-state index is -0.499. The fourth-order valence-corrected chi connectivity index (χ4v) is 3.61. The molecule has 2 aliphatic heterocycles. The van der Waals surface area contributed by atoms with Crippen molar-refractivity contribution < 1.29 is 14.4 Å². The van der Waals surface area contributed by atoms with Crippen molar-refractivity contribution in [2.24, 2.45) is 11.1 Å². The van der Waals surface area contributed by atoms with Crippen LogP contribution in [0.2, 0.25) is 0 Å². The van der Waals surface area contributed by atoms with Crippen LogP contribution in [0.15, 0.2) is 22.0 Å².